The highest BCUT2D eigenvalue weighted by atomic mass is 19.1. The number of piperazine rings is 1. The normalized spacial score (nSPS) is 23.3. The summed E-state index contributed by atoms with van der Waals surface area (Å²) < 4.78 is 44.4. The first-order chi connectivity index (χ1) is 35.8. The van der Waals surface area contributed by atoms with Crippen LogP contribution in [-0.4, -0.2) is 129 Å². The molecule has 6 aliphatic heterocycles. The number of piperidine rings is 1. The Kier molecular flexibility index (Phi) is 12.8. The van der Waals surface area contributed by atoms with Crippen LogP contribution in [0.4, 0.5) is 25.1 Å². The maximum absolute atomic E-state index is 17.2. The largest absolute Gasteiger partial charge is 0.461 e. The second-order valence-corrected chi connectivity index (χ2v) is 20.0. The topological polar surface area (TPSA) is 217 Å². The minimum absolute atomic E-state index is 0.000334. The van der Waals surface area contributed by atoms with Crippen LogP contribution >= 0.6 is 0 Å². The van der Waals surface area contributed by atoms with Gasteiger partial charge in [-0.1, -0.05) is 48.4 Å². The predicted molar refractivity (Wildman–Crippen MR) is 267 cm³/mol. The third kappa shape index (κ3) is 8.82. The summed E-state index contributed by atoms with van der Waals surface area (Å²) in [6, 6.07) is 11.8. The first kappa shape index (κ1) is 48.4. The van der Waals surface area contributed by atoms with E-state index in [1.807, 2.05) is 0 Å². The number of rotatable bonds is 14. The summed E-state index contributed by atoms with van der Waals surface area (Å²) in [5, 5.41) is 12.7. The Morgan fingerprint density at radius 3 is 2.55 bits per heavy atom. The highest BCUT2D eigenvalue weighted by Gasteiger charge is 2.52. The molecule has 4 N–H and O–H groups in total. The van der Waals surface area contributed by atoms with E-state index in [2.05, 4.69) is 48.6 Å². The van der Waals surface area contributed by atoms with Gasteiger partial charge in [-0.05, 0) is 75.0 Å². The van der Waals surface area contributed by atoms with Crippen molar-refractivity contribution >= 4 is 68.8 Å². The molecule has 5 aromatic rings. The molecular formula is C54H52F2N10O8. The average molecular weight is 1010 g/mol. The minimum atomic E-state index is -1.13. The molecule has 6 amide bonds. The molecule has 0 aliphatic carbocycles. The van der Waals surface area contributed by atoms with Gasteiger partial charge in [0.2, 0.25) is 17.7 Å². The van der Waals surface area contributed by atoms with E-state index in [9.17, 15) is 28.8 Å². The fourth-order valence-electron chi connectivity index (χ4n) is 11.8. The summed E-state index contributed by atoms with van der Waals surface area (Å²) >= 11 is 0. The van der Waals surface area contributed by atoms with Gasteiger partial charge in [0.1, 0.15) is 42.1 Å². The quantitative estimate of drug-likeness (QED) is 0.0466. The van der Waals surface area contributed by atoms with Gasteiger partial charge >= 0.3 is 12.1 Å². The zero-order chi connectivity index (χ0) is 51.4. The van der Waals surface area contributed by atoms with E-state index in [1.165, 1.54) is 24.3 Å². The third-order valence-electron chi connectivity index (χ3n) is 15.2. The molecule has 18 nitrogen and oxygen atoms in total. The number of alkyl carbamates (subject to hydrolysis) is 1. The number of unbranched alkanes of at least 4 members (excludes halogenated alkanes) is 1. The van der Waals surface area contributed by atoms with E-state index in [0.717, 1.165) is 23.3 Å². The third-order valence-corrected chi connectivity index (χ3v) is 15.2. The van der Waals surface area contributed by atoms with Gasteiger partial charge in [-0.2, -0.15) is 9.97 Å². The molecule has 11 rings (SSSR count). The summed E-state index contributed by atoms with van der Waals surface area (Å²) in [7, 11) is 0. The lowest BCUT2D eigenvalue weighted by Crippen LogP contribution is -2.54. The second-order valence-electron chi connectivity index (χ2n) is 20.0. The van der Waals surface area contributed by atoms with Crippen LogP contribution in [0.3, 0.4) is 0 Å². The predicted octanol–water partition coefficient (Wildman–Crippen LogP) is 5.52. The van der Waals surface area contributed by atoms with Crippen molar-refractivity contribution in [2.24, 2.45) is 0 Å². The highest BCUT2D eigenvalue weighted by Crippen LogP contribution is 2.45. The lowest BCUT2D eigenvalue weighted by atomic mass is 9.94. The van der Waals surface area contributed by atoms with E-state index >= 15 is 8.78 Å². The van der Waals surface area contributed by atoms with Crippen LogP contribution in [0.5, 0.6) is 6.01 Å². The van der Waals surface area contributed by atoms with Crippen molar-refractivity contribution in [3.63, 3.8) is 0 Å². The van der Waals surface area contributed by atoms with Crippen molar-refractivity contribution in [2.45, 2.75) is 93.9 Å². The Morgan fingerprint density at radius 2 is 1.76 bits per heavy atom. The Balaban J connectivity index is 0.714. The van der Waals surface area contributed by atoms with E-state index in [1.54, 1.807) is 30.5 Å². The maximum Gasteiger partial charge on any atom is 0.407 e. The molecule has 5 atom stereocenters. The molecule has 2 bridgehead atoms. The van der Waals surface area contributed by atoms with Crippen molar-refractivity contribution in [1.82, 2.24) is 40.7 Å². The lowest BCUT2D eigenvalue weighted by molar-refractivity contribution is -0.136. The molecule has 5 unspecified atom stereocenters. The van der Waals surface area contributed by atoms with Crippen molar-refractivity contribution in [3.05, 3.63) is 95.2 Å². The number of benzene rings is 3. The van der Waals surface area contributed by atoms with Crippen LogP contribution in [0, 0.1) is 24.0 Å². The van der Waals surface area contributed by atoms with Crippen molar-refractivity contribution in [1.29, 1.82) is 0 Å². The van der Waals surface area contributed by atoms with Gasteiger partial charge in [0.25, 0.3) is 11.8 Å². The van der Waals surface area contributed by atoms with E-state index in [4.69, 9.17) is 25.9 Å². The molecule has 5 saturated heterocycles. The standard InChI is InChI=1S/C54H52F2N10O8/c1-3-34-38(55)16-13-30-8-6-9-35(43(30)34)46-45(56)47-37(23-58-46)48(64-25-31-14-15-32(26-64)59-31)63-52(62-47)74-28-54-20-19-33(65(54)24-29(2)22-54)27-73-53(72)57-21-5-4-12-41(67)60-39-11-7-10-36-44(39)51(71)66(50(36)70)40-17-18-42(68)61-49(40)69/h1,6-11,13,16,23,31-33,40,59H,2,4-5,12,14-15,17-22,24-28H2,(H,57,72)(H,60,67)(H,61,68,69). The Labute approximate surface area is 423 Å². The number of halogens is 2. The molecule has 380 valence electrons. The van der Waals surface area contributed by atoms with Gasteiger partial charge in [0, 0.05) is 74.3 Å². The molecule has 20 heteroatoms. The van der Waals surface area contributed by atoms with Crippen LogP contribution in [0.2, 0.25) is 0 Å². The molecule has 5 fully saturated rings. The van der Waals surface area contributed by atoms with Crippen LogP contribution in [0.15, 0.2) is 66.9 Å². The molecule has 6 aliphatic rings. The molecule has 0 saturated carbocycles. The first-order valence-corrected chi connectivity index (χ1v) is 25.0. The summed E-state index contributed by atoms with van der Waals surface area (Å²) in [5.74, 6) is -1.36. The van der Waals surface area contributed by atoms with Gasteiger partial charge in [-0.25, -0.2) is 13.6 Å². The molecular weight excluding hydrogens is 955 g/mol. The number of ether oxygens (including phenoxy) is 2. The Bertz CT molecular complexity index is 3260. The number of carbonyl (C=O) groups excluding carboxylic acids is 6. The molecule has 0 radical (unpaired) electrons. The van der Waals surface area contributed by atoms with E-state index in [-0.39, 0.29) is 96.7 Å². The number of amides is 6. The number of aromatic nitrogens is 3. The van der Waals surface area contributed by atoms with Crippen molar-refractivity contribution in [2.75, 3.05) is 49.6 Å². The summed E-state index contributed by atoms with van der Waals surface area (Å²) in [6.45, 7) is 6.68. The number of imide groups is 2. The smallest absolute Gasteiger partial charge is 0.407 e. The Morgan fingerprint density at radius 1 is 0.959 bits per heavy atom. The fourth-order valence-corrected chi connectivity index (χ4v) is 11.8. The Hall–Kier alpha value is -7.89. The van der Waals surface area contributed by atoms with E-state index in [0.29, 0.717) is 79.3 Å². The molecule has 2 aromatic heterocycles. The summed E-state index contributed by atoms with van der Waals surface area (Å²) in [6.07, 6.45) is 11.7. The van der Waals surface area contributed by atoms with Crippen molar-refractivity contribution in [3.8, 4) is 29.6 Å². The number of nitrogens with zero attached hydrogens (tertiary/aromatic N) is 6. The fraction of sp³-hybridized carbons (Fsp3) is 0.389. The zero-order valence-electron chi connectivity index (χ0n) is 40.3. The average Bonchev–Trinajstić information content (AvgIpc) is 4.10. The highest BCUT2D eigenvalue weighted by molar-refractivity contribution is 6.26. The monoisotopic (exact) mass is 1010 g/mol. The number of anilines is 2. The SMILES string of the molecule is C#Cc1c(F)ccc2cccc(-c3ncc4c(N5CC6CCC(C5)N6)nc(OCC56CCC(COC(=O)NCCCCC(=O)Nc7cccc8c7C(=O)N(C7CCC(=O)NC7=O)C8=O)N5CC(=C)C6)nc4c3F)c12. The van der Waals surface area contributed by atoms with Crippen LogP contribution in [0.1, 0.15) is 90.5 Å². The lowest BCUT2D eigenvalue weighted by Gasteiger charge is -2.35. The van der Waals surface area contributed by atoms with Gasteiger partial charge in [0.15, 0.2) is 5.82 Å². The zero-order valence-corrected chi connectivity index (χ0v) is 40.3. The number of hydrogen-bond acceptors (Lipinski definition) is 14. The van der Waals surface area contributed by atoms with Crippen molar-refractivity contribution < 1.29 is 47.0 Å². The second kappa shape index (κ2) is 19.5. The minimum Gasteiger partial charge on any atom is -0.461 e. The first-order valence-electron chi connectivity index (χ1n) is 25.0. The molecule has 0 spiro atoms. The van der Waals surface area contributed by atoms with Crippen LogP contribution in [-0.2, 0) is 19.1 Å². The molecule has 3 aromatic carbocycles. The van der Waals surface area contributed by atoms with Crippen LogP contribution in [0.25, 0.3) is 32.9 Å². The van der Waals surface area contributed by atoms with Gasteiger partial charge < -0.3 is 30.3 Å². The summed E-state index contributed by atoms with van der Waals surface area (Å²) in [4.78, 5) is 96.1. The maximum atomic E-state index is 17.2. The van der Waals surface area contributed by atoms with Crippen LogP contribution < -0.4 is 30.9 Å². The number of pyridine rings is 1. The molecule has 8 heterocycles. The van der Waals surface area contributed by atoms with E-state index < -0.39 is 58.8 Å². The summed E-state index contributed by atoms with van der Waals surface area (Å²) in [5.41, 5.74) is 1.00. The van der Waals surface area contributed by atoms with Gasteiger partial charge in [-0.15, -0.1) is 6.42 Å². The van der Waals surface area contributed by atoms with Gasteiger partial charge in [0.05, 0.1) is 33.3 Å². The van der Waals surface area contributed by atoms with Gasteiger partial charge in [-0.3, -0.25) is 44.1 Å². The number of fused-ring (bicyclic) bond motifs is 6. The number of nitrogens with one attached hydrogen (secondary N) is 4. The molecule has 74 heavy (non-hydrogen) atoms. The number of carbonyl (C=O) groups is 6. The number of terminal acetylenes is 1. The number of hydrogen-bond donors (Lipinski definition) is 4.